The summed E-state index contributed by atoms with van der Waals surface area (Å²) in [5.41, 5.74) is 0.924. The van der Waals surface area contributed by atoms with Crippen LogP contribution in [-0.4, -0.2) is 58.0 Å². The van der Waals surface area contributed by atoms with Crippen LogP contribution in [0.4, 0.5) is 0 Å². The molecule has 166 valence electrons. The molecule has 1 aliphatic heterocycles. The van der Waals surface area contributed by atoms with Crippen molar-refractivity contribution in [2.75, 3.05) is 40.5 Å². The van der Waals surface area contributed by atoms with Crippen LogP contribution in [0.15, 0.2) is 50.6 Å². The second-order valence-electron chi connectivity index (χ2n) is 7.11. The van der Waals surface area contributed by atoms with E-state index in [1.54, 1.807) is 20.3 Å². The van der Waals surface area contributed by atoms with Crippen molar-refractivity contribution in [3.05, 3.63) is 52.3 Å². The van der Waals surface area contributed by atoms with Gasteiger partial charge in [0.2, 0.25) is 10.0 Å². The lowest BCUT2D eigenvalue weighted by Gasteiger charge is -2.25. The first-order valence-electron chi connectivity index (χ1n) is 9.86. The zero-order valence-electron chi connectivity index (χ0n) is 17.4. The van der Waals surface area contributed by atoms with Crippen LogP contribution in [-0.2, 0) is 27.7 Å². The van der Waals surface area contributed by atoms with Gasteiger partial charge >= 0.3 is 0 Å². The van der Waals surface area contributed by atoms with Gasteiger partial charge in [0.1, 0.15) is 0 Å². The topological polar surface area (TPSA) is 100 Å². The quantitative estimate of drug-likeness (QED) is 0.544. The van der Waals surface area contributed by atoms with E-state index >= 15 is 0 Å². The van der Waals surface area contributed by atoms with Crippen molar-refractivity contribution in [3.8, 4) is 11.5 Å². The molecule has 2 aromatic carbocycles. The predicted octanol–water partition coefficient (Wildman–Crippen LogP) is 1.88. The summed E-state index contributed by atoms with van der Waals surface area (Å²) >= 11 is 0. The highest BCUT2D eigenvalue weighted by Gasteiger charge is 2.27. The van der Waals surface area contributed by atoms with E-state index in [0.29, 0.717) is 56.4 Å². The van der Waals surface area contributed by atoms with Crippen molar-refractivity contribution in [2.24, 2.45) is 0 Å². The van der Waals surface area contributed by atoms with Crippen LogP contribution in [0.1, 0.15) is 5.56 Å². The maximum atomic E-state index is 12.9. The van der Waals surface area contributed by atoms with Crippen LogP contribution in [0, 0.1) is 0 Å². The van der Waals surface area contributed by atoms with Gasteiger partial charge in [-0.05, 0) is 42.3 Å². The molecule has 0 radical (unpaired) electrons. The SMILES string of the molecule is COc1ccc(CCn2oc3ccc(S(=O)(=O)N4CCOCC4)cc3c2=O)cc1OC. The molecule has 0 bridgehead atoms. The molecule has 2 heterocycles. The van der Waals surface area contributed by atoms with E-state index in [2.05, 4.69) is 0 Å². The summed E-state index contributed by atoms with van der Waals surface area (Å²) in [6, 6.07) is 9.92. The van der Waals surface area contributed by atoms with Crippen LogP contribution in [0.25, 0.3) is 11.0 Å². The van der Waals surface area contributed by atoms with Crippen LogP contribution in [0.2, 0.25) is 0 Å². The molecule has 1 fully saturated rings. The van der Waals surface area contributed by atoms with Gasteiger partial charge in [0, 0.05) is 13.1 Å². The van der Waals surface area contributed by atoms with E-state index in [-0.39, 0.29) is 15.8 Å². The molecule has 3 aromatic rings. The Bertz CT molecular complexity index is 1240. The lowest BCUT2D eigenvalue weighted by molar-refractivity contribution is 0.0730. The monoisotopic (exact) mass is 448 g/mol. The number of fused-ring (bicyclic) bond motifs is 1. The first-order chi connectivity index (χ1) is 14.9. The van der Waals surface area contributed by atoms with E-state index in [9.17, 15) is 13.2 Å². The largest absolute Gasteiger partial charge is 0.493 e. The number of aromatic nitrogens is 1. The second-order valence-corrected chi connectivity index (χ2v) is 9.05. The molecule has 0 atom stereocenters. The fourth-order valence-corrected chi connectivity index (χ4v) is 5.00. The van der Waals surface area contributed by atoms with Crippen molar-refractivity contribution in [3.63, 3.8) is 0 Å². The molecule has 0 amide bonds. The van der Waals surface area contributed by atoms with Crippen molar-refractivity contribution >= 4 is 21.0 Å². The number of aryl methyl sites for hydroxylation is 2. The molecular formula is C21H24N2O7S. The Morgan fingerprint density at radius 1 is 1.00 bits per heavy atom. The third-order valence-electron chi connectivity index (χ3n) is 5.28. The fourth-order valence-electron chi connectivity index (χ4n) is 3.56. The summed E-state index contributed by atoms with van der Waals surface area (Å²) in [7, 11) is -0.561. The Balaban J connectivity index is 1.58. The zero-order valence-corrected chi connectivity index (χ0v) is 18.2. The van der Waals surface area contributed by atoms with Crippen molar-refractivity contribution in [2.45, 2.75) is 17.9 Å². The minimum Gasteiger partial charge on any atom is -0.493 e. The maximum Gasteiger partial charge on any atom is 0.290 e. The minimum absolute atomic E-state index is 0.0758. The molecule has 0 unspecified atom stereocenters. The van der Waals surface area contributed by atoms with Gasteiger partial charge in [-0.3, -0.25) is 4.79 Å². The number of ether oxygens (including phenoxy) is 3. The van der Waals surface area contributed by atoms with E-state index in [0.717, 1.165) is 5.56 Å². The summed E-state index contributed by atoms with van der Waals surface area (Å²) < 4.78 is 49.8. The van der Waals surface area contributed by atoms with Crippen molar-refractivity contribution in [1.29, 1.82) is 0 Å². The molecule has 0 aliphatic carbocycles. The standard InChI is InChI=1S/C21H24N2O7S/c1-27-19-5-3-15(13-20(19)28-2)7-8-23-21(24)17-14-16(4-6-18(17)30-23)31(25,26)22-9-11-29-12-10-22/h3-6,13-14H,7-12H2,1-2H3. The average Bonchev–Trinajstić information content (AvgIpc) is 3.13. The highest BCUT2D eigenvalue weighted by Crippen LogP contribution is 2.28. The molecule has 9 nitrogen and oxygen atoms in total. The average molecular weight is 448 g/mol. The molecule has 10 heteroatoms. The Hall–Kier alpha value is -2.82. The molecule has 1 aromatic heterocycles. The Labute approximate surface area is 179 Å². The van der Waals surface area contributed by atoms with Crippen molar-refractivity contribution in [1.82, 2.24) is 9.05 Å². The number of benzene rings is 2. The number of morpholine rings is 1. The van der Waals surface area contributed by atoms with Gasteiger partial charge in [-0.25, -0.2) is 8.42 Å². The third-order valence-corrected chi connectivity index (χ3v) is 7.17. The first-order valence-corrected chi connectivity index (χ1v) is 11.3. The minimum atomic E-state index is -3.69. The smallest absolute Gasteiger partial charge is 0.290 e. The molecular weight excluding hydrogens is 424 g/mol. The number of nitrogens with zero attached hydrogens (tertiary/aromatic N) is 2. The molecule has 0 spiro atoms. The molecule has 4 rings (SSSR count). The Morgan fingerprint density at radius 3 is 2.45 bits per heavy atom. The zero-order chi connectivity index (χ0) is 22.0. The summed E-state index contributed by atoms with van der Waals surface area (Å²) in [6.07, 6.45) is 0.527. The van der Waals surface area contributed by atoms with E-state index in [4.69, 9.17) is 18.7 Å². The highest BCUT2D eigenvalue weighted by atomic mass is 32.2. The summed E-state index contributed by atoms with van der Waals surface area (Å²) in [5.74, 6) is 1.23. The number of sulfonamides is 1. The lowest BCUT2D eigenvalue weighted by Crippen LogP contribution is -2.40. The number of hydrogen-bond acceptors (Lipinski definition) is 7. The number of hydrogen-bond donors (Lipinski definition) is 0. The van der Waals surface area contributed by atoms with Crippen molar-refractivity contribution < 1.29 is 27.2 Å². The summed E-state index contributed by atoms with van der Waals surface area (Å²) in [4.78, 5) is 12.9. The van der Waals surface area contributed by atoms with Gasteiger partial charge in [0.05, 0.1) is 44.3 Å². The summed E-state index contributed by atoms with van der Waals surface area (Å²) in [5, 5.41) is 0.238. The molecule has 0 N–H and O–H groups in total. The first kappa shape index (κ1) is 21.4. The third kappa shape index (κ3) is 4.18. The molecule has 1 aliphatic rings. The van der Waals surface area contributed by atoms with Crippen LogP contribution < -0.4 is 15.0 Å². The Kier molecular flexibility index (Phi) is 6.03. The van der Waals surface area contributed by atoms with E-state index < -0.39 is 10.0 Å². The predicted molar refractivity (Wildman–Crippen MR) is 113 cm³/mol. The fraction of sp³-hybridized carbons (Fsp3) is 0.381. The van der Waals surface area contributed by atoms with Crippen LogP contribution >= 0.6 is 0 Å². The molecule has 1 saturated heterocycles. The van der Waals surface area contributed by atoms with Gasteiger partial charge in [0.25, 0.3) is 5.56 Å². The second kappa shape index (κ2) is 8.74. The number of rotatable bonds is 7. The van der Waals surface area contributed by atoms with Gasteiger partial charge in [-0.15, -0.1) is 0 Å². The number of methoxy groups -OCH3 is 2. The van der Waals surface area contributed by atoms with Crippen LogP contribution in [0.5, 0.6) is 11.5 Å². The van der Waals surface area contributed by atoms with E-state index in [1.807, 2.05) is 12.1 Å². The van der Waals surface area contributed by atoms with Gasteiger partial charge < -0.3 is 18.7 Å². The van der Waals surface area contributed by atoms with Crippen LogP contribution in [0.3, 0.4) is 0 Å². The molecule has 0 saturated carbocycles. The maximum absolute atomic E-state index is 12.9. The lowest BCUT2D eigenvalue weighted by atomic mass is 10.1. The van der Waals surface area contributed by atoms with Gasteiger partial charge in [-0.2, -0.15) is 9.05 Å². The molecule has 31 heavy (non-hydrogen) atoms. The van der Waals surface area contributed by atoms with Gasteiger partial charge in [0.15, 0.2) is 17.1 Å². The summed E-state index contributed by atoms with van der Waals surface area (Å²) in [6.45, 7) is 1.60. The highest BCUT2D eigenvalue weighted by molar-refractivity contribution is 7.89. The normalized spacial score (nSPS) is 15.3. The van der Waals surface area contributed by atoms with E-state index in [1.165, 1.54) is 27.2 Å². The Morgan fingerprint density at radius 2 is 1.74 bits per heavy atom. The van der Waals surface area contributed by atoms with Gasteiger partial charge in [-0.1, -0.05) is 6.07 Å².